The Balaban J connectivity index is 1.56. The van der Waals surface area contributed by atoms with Crippen molar-refractivity contribution in [1.29, 1.82) is 0 Å². The lowest BCUT2D eigenvalue weighted by atomic mass is 10.1. The third kappa shape index (κ3) is 5.36. The maximum atomic E-state index is 14.2. The fourth-order valence-corrected chi connectivity index (χ4v) is 4.56. The van der Waals surface area contributed by atoms with Gasteiger partial charge in [0.25, 0.3) is 5.91 Å². The van der Waals surface area contributed by atoms with E-state index in [9.17, 15) is 9.18 Å². The minimum Gasteiger partial charge on any atom is -0.379 e. The molecule has 162 valence electrons. The van der Waals surface area contributed by atoms with Crippen molar-refractivity contribution >= 4 is 17.2 Å². The van der Waals surface area contributed by atoms with Crippen LogP contribution in [0.3, 0.4) is 0 Å². The number of carbonyl (C=O) groups excluding carboxylic acids is 1. The Labute approximate surface area is 186 Å². The third-order valence-electron chi connectivity index (χ3n) is 5.44. The summed E-state index contributed by atoms with van der Waals surface area (Å²) in [5, 5.41) is 2.24. The van der Waals surface area contributed by atoms with E-state index in [4.69, 9.17) is 4.74 Å². The lowest BCUT2D eigenvalue weighted by molar-refractivity contribution is 0.0227. The molecule has 1 aromatic heterocycles. The molecule has 0 spiro atoms. The van der Waals surface area contributed by atoms with Crippen molar-refractivity contribution in [1.82, 2.24) is 14.8 Å². The first-order chi connectivity index (χ1) is 15.1. The number of morpholine rings is 1. The van der Waals surface area contributed by atoms with Crippen LogP contribution in [0.1, 0.15) is 23.0 Å². The second-order valence-electron chi connectivity index (χ2n) is 7.70. The molecular weight excluding hydrogens is 413 g/mol. The molecule has 1 aliphatic rings. The molecule has 4 rings (SSSR count). The molecule has 1 aliphatic heterocycles. The highest BCUT2D eigenvalue weighted by atomic mass is 32.1. The van der Waals surface area contributed by atoms with Gasteiger partial charge in [-0.25, -0.2) is 9.37 Å². The van der Waals surface area contributed by atoms with Crippen LogP contribution in [0.5, 0.6) is 0 Å². The van der Waals surface area contributed by atoms with Crippen LogP contribution < -0.4 is 0 Å². The van der Waals surface area contributed by atoms with Gasteiger partial charge >= 0.3 is 0 Å². The molecule has 0 bridgehead atoms. The van der Waals surface area contributed by atoms with Crippen molar-refractivity contribution in [3.8, 4) is 10.6 Å². The van der Waals surface area contributed by atoms with Crippen LogP contribution in [0, 0.1) is 5.82 Å². The zero-order valence-electron chi connectivity index (χ0n) is 17.5. The van der Waals surface area contributed by atoms with Gasteiger partial charge in [-0.3, -0.25) is 9.69 Å². The fourth-order valence-electron chi connectivity index (χ4n) is 3.74. The van der Waals surface area contributed by atoms with Gasteiger partial charge in [-0.05, 0) is 24.6 Å². The van der Waals surface area contributed by atoms with Crippen LogP contribution in [-0.4, -0.2) is 59.6 Å². The van der Waals surface area contributed by atoms with Crippen LogP contribution >= 0.6 is 11.3 Å². The minimum absolute atomic E-state index is 0.00980. The number of amides is 1. The number of rotatable bonds is 7. The molecule has 1 saturated heterocycles. The highest BCUT2D eigenvalue weighted by Gasteiger charge is 2.26. The summed E-state index contributed by atoms with van der Waals surface area (Å²) in [4.78, 5) is 22.2. The molecule has 5 nitrogen and oxygen atoms in total. The molecule has 31 heavy (non-hydrogen) atoms. The van der Waals surface area contributed by atoms with E-state index in [0.717, 1.165) is 38.4 Å². The van der Waals surface area contributed by atoms with Crippen LogP contribution in [0.4, 0.5) is 4.39 Å². The smallest absolute Gasteiger partial charge is 0.273 e. The first-order valence-electron chi connectivity index (χ1n) is 10.5. The molecule has 2 heterocycles. The first-order valence-corrected chi connectivity index (χ1v) is 11.3. The summed E-state index contributed by atoms with van der Waals surface area (Å²) in [6.45, 7) is 6.51. The standard InChI is InChI=1S/C24H26FN3O2S/c1-18(15-27-11-13-30-14-12-27)28(16-19-7-3-2-4-8-19)24(29)22-17-31-23(26-22)20-9-5-6-10-21(20)25/h2-10,17-18H,11-16H2,1H3. The van der Waals surface area contributed by atoms with Gasteiger partial charge in [-0.15, -0.1) is 11.3 Å². The molecule has 3 aromatic rings. The zero-order chi connectivity index (χ0) is 21.6. The van der Waals surface area contributed by atoms with E-state index < -0.39 is 0 Å². The van der Waals surface area contributed by atoms with Gasteiger partial charge < -0.3 is 9.64 Å². The van der Waals surface area contributed by atoms with Crippen molar-refractivity contribution in [2.45, 2.75) is 19.5 Å². The predicted octanol–water partition coefficient (Wildman–Crippen LogP) is 4.31. The normalized spacial score (nSPS) is 15.5. The number of aromatic nitrogens is 1. The molecule has 1 unspecified atom stereocenters. The quantitative estimate of drug-likeness (QED) is 0.550. The molecular formula is C24H26FN3O2S. The van der Waals surface area contributed by atoms with Gasteiger partial charge in [0.05, 0.1) is 13.2 Å². The summed E-state index contributed by atoms with van der Waals surface area (Å²) in [7, 11) is 0. The van der Waals surface area contributed by atoms with Crippen molar-refractivity contribution in [3.05, 3.63) is 77.1 Å². The summed E-state index contributed by atoms with van der Waals surface area (Å²) < 4.78 is 19.6. The van der Waals surface area contributed by atoms with Gasteiger partial charge in [0.15, 0.2) is 0 Å². The number of benzene rings is 2. The van der Waals surface area contributed by atoms with Crippen molar-refractivity contribution < 1.29 is 13.9 Å². The number of ether oxygens (including phenoxy) is 1. The largest absolute Gasteiger partial charge is 0.379 e. The molecule has 0 N–H and O–H groups in total. The molecule has 1 amide bonds. The highest BCUT2D eigenvalue weighted by molar-refractivity contribution is 7.13. The SMILES string of the molecule is CC(CN1CCOCC1)N(Cc1ccccc1)C(=O)c1csc(-c2ccccc2F)n1. The Morgan fingerprint density at radius 1 is 1.16 bits per heavy atom. The van der Waals surface area contributed by atoms with Crippen LogP contribution in [0.25, 0.3) is 10.6 Å². The predicted molar refractivity (Wildman–Crippen MR) is 121 cm³/mol. The van der Waals surface area contributed by atoms with Crippen LogP contribution in [0.2, 0.25) is 0 Å². The Morgan fingerprint density at radius 3 is 2.61 bits per heavy atom. The minimum atomic E-state index is -0.335. The van der Waals surface area contributed by atoms with E-state index in [1.54, 1.807) is 23.6 Å². The lowest BCUT2D eigenvalue weighted by Gasteiger charge is -2.35. The van der Waals surface area contributed by atoms with E-state index in [0.29, 0.717) is 22.8 Å². The number of carbonyl (C=O) groups is 1. The monoisotopic (exact) mass is 439 g/mol. The van der Waals surface area contributed by atoms with Gasteiger partial charge in [-0.1, -0.05) is 42.5 Å². The van der Waals surface area contributed by atoms with E-state index >= 15 is 0 Å². The lowest BCUT2D eigenvalue weighted by Crippen LogP contribution is -2.48. The van der Waals surface area contributed by atoms with Crippen molar-refractivity contribution in [2.24, 2.45) is 0 Å². The number of halogens is 1. The van der Waals surface area contributed by atoms with Gasteiger partial charge in [0.1, 0.15) is 16.5 Å². The van der Waals surface area contributed by atoms with Crippen LogP contribution in [-0.2, 0) is 11.3 Å². The van der Waals surface area contributed by atoms with E-state index in [-0.39, 0.29) is 17.8 Å². The Morgan fingerprint density at radius 2 is 1.87 bits per heavy atom. The highest BCUT2D eigenvalue weighted by Crippen LogP contribution is 2.27. The molecule has 7 heteroatoms. The maximum absolute atomic E-state index is 14.2. The Hall–Kier alpha value is -2.61. The van der Waals surface area contributed by atoms with E-state index in [1.807, 2.05) is 35.2 Å². The maximum Gasteiger partial charge on any atom is 0.273 e. The summed E-state index contributed by atoms with van der Waals surface area (Å²) in [5.74, 6) is -0.471. The average molecular weight is 440 g/mol. The Bertz CT molecular complexity index is 1000. The second-order valence-corrected chi connectivity index (χ2v) is 8.56. The number of thiazole rings is 1. The van der Waals surface area contributed by atoms with E-state index in [1.165, 1.54) is 17.4 Å². The average Bonchev–Trinajstić information content (AvgIpc) is 3.29. The number of hydrogen-bond donors (Lipinski definition) is 0. The first kappa shape index (κ1) is 21.6. The number of nitrogens with zero attached hydrogens (tertiary/aromatic N) is 3. The molecule has 2 aromatic carbocycles. The summed E-state index contributed by atoms with van der Waals surface area (Å²) in [5.41, 5.74) is 1.84. The van der Waals surface area contributed by atoms with Crippen molar-refractivity contribution in [2.75, 3.05) is 32.8 Å². The van der Waals surface area contributed by atoms with Gasteiger partial charge in [0, 0.05) is 43.2 Å². The molecule has 1 atom stereocenters. The molecule has 0 aliphatic carbocycles. The second kappa shape index (κ2) is 10.1. The van der Waals surface area contributed by atoms with Crippen LogP contribution in [0.15, 0.2) is 60.0 Å². The fraction of sp³-hybridized carbons (Fsp3) is 0.333. The number of hydrogen-bond acceptors (Lipinski definition) is 5. The Kier molecular flexibility index (Phi) is 7.06. The molecule has 1 fully saturated rings. The van der Waals surface area contributed by atoms with Crippen molar-refractivity contribution in [3.63, 3.8) is 0 Å². The summed E-state index contributed by atoms with van der Waals surface area (Å²) >= 11 is 1.29. The van der Waals surface area contributed by atoms with E-state index in [2.05, 4.69) is 16.8 Å². The van der Waals surface area contributed by atoms with Gasteiger partial charge in [0.2, 0.25) is 0 Å². The van der Waals surface area contributed by atoms with Gasteiger partial charge in [-0.2, -0.15) is 0 Å². The summed E-state index contributed by atoms with van der Waals surface area (Å²) in [6, 6.07) is 16.5. The molecule has 0 saturated carbocycles. The topological polar surface area (TPSA) is 45.7 Å². The summed E-state index contributed by atoms with van der Waals surface area (Å²) in [6.07, 6.45) is 0. The molecule has 0 radical (unpaired) electrons. The zero-order valence-corrected chi connectivity index (χ0v) is 18.4. The third-order valence-corrected chi connectivity index (χ3v) is 6.32.